The van der Waals surface area contributed by atoms with Crippen LogP contribution in [0.15, 0.2) is 0 Å². The van der Waals surface area contributed by atoms with Gasteiger partial charge in [0.2, 0.25) is 0 Å². The molecule has 0 heterocycles. The number of carbonyl (C=O) groups excluding carboxylic acids is 2. The van der Waals surface area contributed by atoms with Gasteiger partial charge in [0, 0.05) is 0 Å². The third-order valence-electron chi connectivity index (χ3n) is 2.48. The zero-order valence-electron chi connectivity index (χ0n) is 10.9. The number of rotatable bonds is 8. The van der Waals surface area contributed by atoms with Crippen LogP contribution in [0, 0.1) is 0 Å². The Morgan fingerprint density at radius 1 is 0.909 bits per heavy atom. The minimum absolute atomic E-state index is 0.0543. The number of hydrogen-bond donors (Lipinski definition) is 1. The molecule has 0 unspecified atom stereocenters. The number of hydrogen-bond acceptors (Lipinski definition) is 3. The van der Waals surface area contributed by atoms with Crippen LogP contribution in [0.4, 0.5) is 35.1 Å². The van der Waals surface area contributed by atoms with E-state index in [0.29, 0.717) is 0 Å². The largest absolute Gasteiger partial charge is 0.461 e. The summed E-state index contributed by atoms with van der Waals surface area (Å²) in [6.07, 6.45) is 0.229. The van der Waals surface area contributed by atoms with Crippen LogP contribution in [-0.2, 0) is 14.3 Å². The summed E-state index contributed by atoms with van der Waals surface area (Å²) in [5, 5.41) is 0. The summed E-state index contributed by atoms with van der Waals surface area (Å²) in [5.41, 5.74) is 3.81. The van der Waals surface area contributed by atoms with Crippen molar-refractivity contribution in [2.45, 2.75) is 43.5 Å². The molecule has 0 saturated carbocycles. The molecule has 0 fully saturated rings. The monoisotopic (exact) mass is 345 g/mol. The highest BCUT2D eigenvalue weighted by molar-refractivity contribution is 5.84. The number of alkyl halides is 8. The second-order valence-electron chi connectivity index (χ2n) is 4.15. The average Bonchev–Trinajstić information content (AvgIpc) is 2.37. The van der Waals surface area contributed by atoms with Crippen molar-refractivity contribution in [3.8, 4) is 0 Å². The molecule has 12 heteroatoms. The zero-order valence-corrected chi connectivity index (χ0v) is 10.9. The molecule has 0 spiro atoms. The first-order valence-electron chi connectivity index (χ1n) is 5.66. The van der Waals surface area contributed by atoms with Gasteiger partial charge in [-0.2, -0.15) is 35.1 Å². The van der Waals surface area contributed by atoms with Gasteiger partial charge in [-0.3, -0.25) is 4.79 Å². The molecule has 1 amide bonds. The van der Waals surface area contributed by atoms with Gasteiger partial charge in [-0.05, 0) is 6.42 Å². The van der Waals surface area contributed by atoms with Gasteiger partial charge in [-0.15, -0.1) is 0 Å². The van der Waals surface area contributed by atoms with E-state index < -0.39 is 42.2 Å². The highest BCUT2D eigenvalue weighted by Crippen LogP contribution is 2.52. The summed E-state index contributed by atoms with van der Waals surface area (Å²) < 4.78 is 108. The predicted molar refractivity (Wildman–Crippen MR) is 54.8 cm³/mol. The molecule has 0 aliphatic rings. The normalized spacial score (nSPS) is 13.9. The summed E-state index contributed by atoms with van der Waals surface area (Å²) in [4.78, 5) is 20.9. The first kappa shape index (κ1) is 20.4. The molecule has 0 rings (SSSR count). The Labute approximate surface area is 118 Å². The van der Waals surface area contributed by atoms with Gasteiger partial charge >= 0.3 is 29.7 Å². The third-order valence-corrected chi connectivity index (χ3v) is 2.48. The lowest BCUT2D eigenvalue weighted by atomic mass is 9.98. The standard InChI is InChI=1S/C10H11F8NO3/c1-2-3-4-22-6(21)8(13,14)10(17,18)9(15,16)7(11,12)5(19)20/h2-4H2,1H3,(H2,19,20). The number of amides is 1. The lowest BCUT2D eigenvalue weighted by Gasteiger charge is -2.34. The average molecular weight is 345 g/mol. The van der Waals surface area contributed by atoms with Crippen molar-refractivity contribution in [2.24, 2.45) is 5.73 Å². The van der Waals surface area contributed by atoms with Crippen molar-refractivity contribution in [1.29, 1.82) is 0 Å². The number of unbranched alkanes of at least 4 members (excludes halogenated alkanes) is 1. The topological polar surface area (TPSA) is 69.4 Å². The Hall–Kier alpha value is -1.62. The van der Waals surface area contributed by atoms with Crippen LogP contribution < -0.4 is 5.73 Å². The van der Waals surface area contributed by atoms with Crippen molar-refractivity contribution >= 4 is 11.9 Å². The van der Waals surface area contributed by atoms with Crippen LogP contribution in [0.25, 0.3) is 0 Å². The molecular weight excluding hydrogens is 334 g/mol. The number of carbonyl (C=O) groups is 2. The minimum Gasteiger partial charge on any atom is -0.461 e. The fourth-order valence-electron chi connectivity index (χ4n) is 1.08. The third kappa shape index (κ3) is 3.09. The first-order chi connectivity index (χ1) is 9.67. The van der Waals surface area contributed by atoms with Gasteiger partial charge in [0.15, 0.2) is 0 Å². The first-order valence-corrected chi connectivity index (χ1v) is 5.66. The molecular formula is C10H11F8NO3. The maximum absolute atomic E-state index is 13.1. The van der Waals surface area contributed by atoms with E-state index in [9.17, 15) is 44.7 Å². The van der Waals surface area contributed by atoms with Gasteiger partial charge in [-0.25, -0.2) is 4.79 Å². The van der Waals surface area contributed by atoms with E-state index in [0.717, 1.165) is 0 Å². The molecule has 0 aromatic rings. The Morgan fingerprint density at radius 2 is 1.32 bits per heavy atom. The van der Waals surface area contributed by atoms with Gasteiger partial charge < -0.3 is 10.5 Å². The van der Waals surface area contributed by atoms with Crippen LogP contribution in [0.2, 0.25) is 0 Å². The predicted octanol–water partition coefficient (Wildman–Crippen LogP) is 2.36. The SMILES string of the molecule is CCCCOC(=O)C(F)(F)C(F)(F)C(F)(F)C(F)(F)C(N)=O. The second kappa shape index (κ2) is 6.24. The zero-order chi connectivity index (χ0) is 18.0. The van der Waals surface area contributed by atoms with E-state index in [1.54, 1.807) is 0 Å². The van der Waals surface area contributed by atoms with Crippen LogP contribution >= 0.6 is 0 Å². The van der Waals surface area contributed by atoms with Crippen molar-refractivity contribution < 1.29 is 49.4 Å². The lowest BCUT2D eigenvalue weighted by molar-refractivity contribution is -0.350. The number of ether oxygens (including phenoxy) is 1. The summed E-state index contributed by atoms with van der Waals surface area (Å²) in [7, 11) is 0. The molecule has 0 aliphatic carbocycles. The highest BCUT2D eigenvalue weighted by Gasteiger charge is 2.84. The summed E-state index contributed by atoms with van der Waals surface area (Å²) in [6.45, 7) is 0.695. The molecule has 0 radical (unpaired) electrons. The van der Waals surface area contributed by atoms with Crippen molar-refractivity contribution in [3.05, 3.63) is 0 Å². The van der Waals surface area contributed by atoms with E-state index in [1.807, 2.05) is 0 Å². The fraction of sp³-hybridized carbons (Fsp3) is 0.800. The van der Waals surface area contributed by atoms with Crippen LogP contribution in [0.3, 0.4) is 0 Å². The van der Waals surface area contributed by atoms with Crippen molar-refractivity contribution in [3.63, 3.8) is 0 Å². The molecule has 130 valence electrons. The number of primary amides is 1. The minimum atomic E-state index is -6.92. The molecule has 2 N–H and O–H groups in total. The maximum Gasteiger partial charge on any atom is 0.410 e. The van der Waals surface area contributed by atoms with E-state index >= 15 is 0 Å². The second-order valence-corrected chi connectivity index (χ2v) is 4.15. The molecule has 0 atom stereocenters. The molecule has 0 bridgehead atoms. The van der Waals surface area contributed by atoms with E-state index in [-0.39, 0.29) is 12.8 Å². The van der Waals surface area contributed by atoms with E-state index in [4.69, 9.17) is 0 Å². The summed E-state index contributed by atoms with van der Waals surface area (Å²) in [6, 6.07) is 0. The van der Waals surface area contributed by atoms with E-state index in [1.165, 1.54) is 6.92 Å². The maximum atomic E-state index is 13.1. The molecule has 0 aliphatic heterocycles. The fourth-order valence-corrected chi connectivity index (χ4v) is 1.08. The molecule has 0 aromatic carbocycles. The summed E-state index contributed by atoms with van der Waals surface area (Å²) in [5.74, 6) is -32.8. The van der Waals surface area contributed by atoms with Crippen LogP contribution in [-0.4, -0.2) is 42.2 Å². The van der Waals surface area contributed by atoms with Gasteiger partial charge in [-0.1, -0.05) is 13.3 Å². The molecule has 4 nitrogen and oxygen atoms in total. The quantitative estimate of drug-likeness (QED) is 0.417. The Balaban J connectivity index is 5.59. The Kier molecular flexibility index (Phi) is 5.78. The van der Waals surface area contributed by atoms with E-state index in [2.05, 4.69) is 10.5 Å². The number of halogens is 8. The Bertz CT molecular complexity index is 438. The van der Waals surface area contributed by atoms with Gasteiger partial charge in [0.05, 0.1) is 6.61 Å². The van der Waals surface area contributed by atoms with Crippen LogP contribution in [0.5, 0.6) is 0 Å². The van der Waals surface area contributed by atoms with Crippen LogP contribution in [0.1, 0.15) is 19.8 Å². The molecule has 0 aromatic heterocycles. The molecule has 0 saturated heterocycles. The number of esters is 1. The van der Waals surface area contributed by atoms with Crippen molar-refractivity contribution in [2.75, 3.05) is 6.61 Å². The highest BCUT2D eigenvalue weighted by atomic mass is 19.4. The van der Waals surface area contributed by atoms with Crippen molar-refractivity contribution in [1.82, 2.24) is 0 Å². The summed E-state index contributed by atoms with van der Waals surface area (Å²) >= 11 is 0. The Morgan fingerprint density at radius 3 is 1.68 bits per heavy atom. The lowest BCUT2D eigenvalue weighted by Crippen LogP contribution is -2.67. The van der Waals surface area contributed by atoms with Gasteiger partial charge in [0.25, 0.3) is 5.91 Å². The number of nitrogens with two attached hydrogens (primary N) is 1. The smallest absolute Gasteiger partial charge is 0.410 e. The molecule has 22 heavy (non-hydrogen) atoms. The van der Waals surface area contributed by atoms with Gasteiger partial charge in [0.1, 0.15) is 0 Å².